The molecule has 6 aliphatic rings. The molecule has 4 saturated carbocycles. The Morgan fingerprint density at radius 3 is 2.45 bits per heavy atom. The average Bonchev–Trinajstić information content (AvgIpc) is 2.77. The van der Waals surface area contributed by atoms with E-state index in [1.165, 1.54) is 13.8 Å². The van der Waals surface area contributed by atoms with E-state index in [-0.39, 0.29) is 28.6 Å². The average molecular weight is 435 g/mol. The van der Waals surface area contributed by atoms with Crippen LogP contribution in [0.2, 0.25) is 0 Å². The minimum atomic E-state index is -1.97. The van der Waals surface area contributed by atoms with Crippen LogP contribution in [-0.4, -0.2) is 52.9 Å². The number of aliphatic hydroxyl groups is 2. The summed E-state index contributed by atoms with van der Waals surface area (Å²) in [5.41, 5.74) is -1.26. The smallest absolute Gasteiger partial charge is 0.303 e. The summed E-state index contributed by atoms with van der Waals surface area (Å²) in [5, 5.41) is 24.0. The van der Waals surface area contributed by atoms with Gasteiger partial charge in [0.25, 0.3) is 0 Å². The Labute approximate surface area is 183 Å². The molecule has 0 radical (unpaired) electrons. The molecule has 31 heavy (non-hydrogen) atoms. The minimum absolute atomic E-state index is 0.123. The molecule has 6 rings (SSSR count). The zero-order chi connectivity index (χ0) is 22.6. The summed E-state index contributed by atoms with van der Waals surface area (Å²) in [6.07, 6.45) is 1.48. The highest BCUT2D eigenvalue weighted by atomic mass is 16.7. The fourth-order valence-electron chi connectivity index (χ4n) is 8.84. The lowest BCUT2D eigenvalue weighted by molar-refractivity contribution is -0.467. The summed E-state index contributed by atoms with van der Waals surface area (Å²) in [4.78, 5) is 24.3. The van der Waals surface area contributed by atoms with E-state index in [0.29, 0.717) is 12.2 Å². The van der Waals surface area contributed by atoms with E-state index in [1.807, 2.05) is 0 Å². The lowest BCUT2D eigenvalue weighted by Gasteiger charge is -2.75. The zero-order valence-electron chi connectivity index (χ0n) is 18.8. The number of carbonyl (C=O) groups excluding carboxylic acids is 2. The van der Waals surface area contributed by atoms with Gasteiger partial charge in [0.15, 0.2) is 6.10 Å². The Bertz CT molecular complexity index is 851. The molecule has 4 aliphatic carbocycles. The maximum atomic E-state index is 12.3. The Kier molecular flexibility index (Phi) is 4.37. The fourth-order valence-corrected chi connectivity index (χ4v) is 8.84. The van der Waals surface area contributed by atoms with Gasteiger partial charge in [-0.2, -0.15) is 0 Å². The quantitative estimate of drug-likeness (QED) is 0.508. The molecule has 4 bridgehead atoms. The van der Waals surface area contributed by atoms with E-state index >= 15 is 0 Å². The van der Waals surface area contributed by atoms with Crippen LogP contribution in [-0.2, 0) is 23.8 Å². The van der Waals surface area contributed by atoms with E-state index in [4.69, 9.17) is 14.2 Å². The molecule has 0 aromatic carbocycles. The third-order valence-electron chi connectivity index (χ3n) is 9.53. The molecule has 2 N–H and O–H groups in total. The Morgan fingerprint density at radius 1 is 1.13 bits per heavy atom. The van der Waals surface area contributed by atoms with Gasteiger partial charge in [-0.1, -0.05) is 26.8 Å². The number of aliphatic hydroxyl groups excluding tert-OH is 1. The maximum absolute atomic E-state index is 12.3. The van der Waals surface area contributed by atoms with Gasteiger partial charge in [-0.05, 0) is 42.6 Å². The van der Waals surface area contributed by atoms with Gasteiger partial charge in [0, 0.05) is 31.1 Å². The lowest BCUT2D eigenvalue weighted by Crippen LogP contribution is -2.84. The van der Waals surface area contributed by atoms with Crippen molar-refractivity contribution in [3.8, 4) is 0 Å². The molecule has 2 spiro atoms. The molecule has 0 amide bonds. The van der Waals surface area contributed by atoms with Crippen molar-refractivity contribution in [2.45, 2.75) is 83.9 Å². The lowest BCUT2D eigenvalue weighted by atomic mass is 9.36. The molecule has 172 valence electrons. The number of hydrogen-bond donors (Lipinski definition) is 2. The molecule has 7 heteroatoms. The van der Waals surface area contributed by atoms with Crippen molar-refractivity contribution in [1.29, 1.82) is 0 Å². The van der Waals surface area contributed by atoms with Crippen LogP contribution in [0.4, 0.5) is 0 Å². The Balaban J connectivity index is 1.78. The summed E-state index contributed by atoms with van der Waals surface area (Å²) in [6, 6.07) is 0. The second-order valence-corrected chi connectivity index (χ2v) is 11.2. The van der Waals surface area contributed by atoms with Gasteiger partial charge < -0.3 is 24.4 Å². The summed E-state index contributed by atoms with van der Waals surface area (Å²) in [7, 11) is 0. The van der Waals surface area contributed by atoms with E-state index < -0.39 is 41.5 Å². The molecule has 7 nitrogen and oxygen atoms in total. The van der Waals surface area contributed by atoms with Gasteiger partial charge in [-0.15, -0.1) is 0 Å². The van der Waals surface area contributed by atoms with Crippen molar-refractivity contribution in [2.75, 3.05) is 6.61 Å². The SMILES string of the molecule is C=C1[C@@H]2CC[C@H]3[C@]45CCCC(C)(C)[C@H]4[C@H](OC(C)=O)[C@@](O)(OC5)[C@]3([C@@H]2O)[C@H]1OC(C)=O. The summed E-state index contributed by atoms with van der Waals surface area (Å²) < 4.78 is 17.9. The van der Waals surface area contributed by atoms with Crippen molar-refractivity contribution in [2.24, 2.45) is 34.0 Å². The normalized spacial score (nSPS) is 51.6. The second-order valence-electron chi connectivity index (χ2n) is 11.2. The van der Waals surface area contributed by atoms with E-state index in [9.17, 15) is 19.8 Å². The maximum Gasteiger partial charge on any atom is 0.303 e. The number of fused-ring (bicyclic) bond motifs is 2. The van der Waals surface area contributed by atoms with Crippen LogP contribution in [0.25, 0.3) is 0 Å². The first-order valence-corrected chi connectivity index (χ1v) is 11.5. The number of rotatable bonds is 2. The van der Waals surface area contributed by atoms with Crippen LogP contribution in [0.15, 0.2) is 12.2 Å². The van der Waals surface area contributed by atoms with Gasteiger partial charge >= 0.3 is 11.9 Å². The van der Waals surface area contributed by atoms with Crippen molar-refractivity contribution in [1.82, 2.24) is 0 Å². The molecule has 2 saturated heterocycles. The summed E-state index contributed by atoms with van der Waals surface area (Å²) >= 11 is 0. The third-order valence-corrected chi connectivity index (χ3v) is 9.53. The summed E-state index contributed by atoms with van der Waals surface area (Å²) in [6.45, 7) is 11.5. The molecular formula is C24H34O7. The third kappa shape index (κ3) is 2.30. The second kappa shape index (κ2) is 6.33. The van der Waals surface area contributed by atoms with Gasteiger partial charge in [0.2, 0.25) is 5.79 Å². The van der Waals surface area contributed by atoms with Gasteiger partial charge in [-0.25, -0.2) is 0 Å². The first-order valence-electron chi connectivity index (χ1n) is 11.5. The minimum Gasteiger partial charge on any atom is -0.457 e. The van der Waals surface area contributed by atoms with Crippen LogP contribution in [0.1, 0.15) is 59.8 Å². The van der Waals surface area contributed by atoms with E-state index in [0.717, 1.165) is 32.1 Å². The summed E-state index contributed by atoms with van der Waals surface area (Å²) in [5.74, 6) is -3.51. The highest BCUT2D eigenvalue weighted by Crippen LogP contribution is 2.78. The molecule has 0 aromatic rings. The van der Waals surface area contributed by atoms with Crippen molar-refractivity contribution in [3.63, 3.8) is 0 Å². The molecule has 2 heterocycles. The standard InChI is InChI=1S/C24H34O7/c1-12-15-7-8-16-22-10-6-9-21(4,5)17(22)20(31-14(3)26)24(28,29-11-22)23(16,18(15)27)19(12)30-13(2)25/h15-20,27-28H,1,6-11H2,2-5H3/t15-,16-,17+,18+,19-,20-,22+,23+,24+/m0/s1. The number of hydrogen-bond acceptors (Lipinski definition) is 7. The molecular weight excluding hydrogens is 400 g/mol. The predicted molar refractivity (Wildman–Crippen MR) is 109 cm³/mol. The van der Waals surface area contributed by atoms with Crippen molar-refractivity contribution < 1.29 is 34.0 Å². The Morgan fingerprint density at radius 2 is 1.81 bits per heavy atom. The topological polar surface area (TPSA) is 102 Å². The van der Waals surface area contributed by atoms with E-state index in [2.05, 4.69) is 20.4 Å². The molecule has 9 atom stereocenters. The van der Waals surface area contributed by atoms with Gasteiger partial charge in [0.05, 0.1) is 18.1 Å². The first kappa shape index (κ1) is 21.4. The highest BCUT2D eigenvalue weighted by Gasteiger charge is 2.86. The zero-order valence-corrected chi connectivity index (χ0v) is 18.8. The van der Waals surface area contributed by atoms with Crippen LogP contribution in [0.3, 0.4) is 0 Å². The number of carbonyl (C=O) groups is 2. The molecule has 2 aliphatic heterocycles. The van der Waals surface area contributed by atoms with Gasteiger partial charge in [-0.3, -0.25) is 9.59 Å². The molecule has 6 fully saturated rings. The van der Waals surface area contributed by atoms with Crippen LogP contribution in [0.5, 0.6) is 0 Å². The van der Waals surface area contributed by atoms with Crippen molar-refractivity contribution >= 4 is 11.9 Å². The fraction of sp³-hybridized carbons (Fsp3) is 0.833. The van der Waals surface area contributed by atoms with Crippen LogP contribution in [0, 0.1) is 34.0 Å². The van der Waals surface area contributed by atoms with Crippen molar-refractivity contribution in [3.05, 3.63) is 12.2 Å². The van der Waals surface area contributed by atoms with E-state index in [1.54, 1.807) is 0 Å². The first-order chi connectivity index (χ1) is 14.4. The Hall–Kier alpha value is -1.44. The highest BCUT2D eigenvalue weighted by molar-refractivity contribution is 5.67. The predicted octanol–water partition coefficient (Wildman–Crippen LogP) is 2.34. The van der Waals surface area contributed by atoms with Crippen LogP contribution < -0.4 is 0 Å². The largest absolute Gasteiger partial charge is 0.457 e. The number of esters is 2. The van der Waals surface area contributed by atoms with Gasteiger partial charge in [0.1, 0.15) is 6.10 Å². The molecule has 0 unspecified atom stereocenters. The monoisotopic (exact) mass is 434 g/mol. The molecule has 0 aromatic heterocycles. The number of ether oxygens (including phenoxy) is 3. The van der Waals surface area contributed by atoms with Crippen LogP contribution >= 0.6 is 0 Å².